The Bertz CT molecular complexity index is 221. The topological polar surface area (TPSA) is 32.8 Å². The van der Waals surface area contributed by atoms with Crippen LogP contribution < -0.4 is 0 Å². The van der Waals surface area contributed by atoms with Crippen LogP contribution in [0.5, 0.6) is 0 Å². The Labute approximate surface area is 98.5 Å². The maximum atomic E-state index is 11.7. The molecule has 1 aliphatic heterocycles. The Balaban J connectivity index is 2.26. The molecule has 0 aromatic carbocycles. The number of ether oxygens (including phenoxy) is 1. The van der Waals surface area contributed by atoms with E-state index >= 15 is 0 Å². The third-order valence-electron chi connectivity index (χ3n) is 2.99. The van der Waals surface area contributed by atoms with Crippen molar-refractivity contribution in [3.63, 3.8) is 0 Å². The van der Waals surface area contributed by atoms with E-state index in [0.29, 0.717) is 13.0 Å². The lowest BCUT2D eigenvalue weighted by Crippen LogP contribution is -2.46. The first-order valence-corrected chi connectivity index (χ1v) is 6.17. The van der Waals surface area contributed by atoms with Crippen molar-refractivity contribution in [2.75, 3.05) is 40.3 Å². The van der Waals surface area contributed by atoms with Crippen molar-refractivity contribution < 1.29 is 9.53 Å². The van der Waals surface area contributed by atoms with Gasteiger partial charge in [-0.25, -0.2) is 0 Å². The van der Waals surface area contributed by atoms with Gasteiger partial charge in [0.05, 0.1) is 12.7 Å². The second-order valence-corrected chi connectivity index (χ2v) is 4.63. The number of rotatable bonds is 5. The maximum absolute atomic E-state index is 11.7. The molecule has 94 valence electrons. The summed E-state index contributed by atoms with van der Waals surface area (Å²) in [5, 5.41) is 0. The minimum atomic E-state index is 0.175. The van der Waals surface area contributed by atoms with Crippen LogP contribution in [0.1, 0.15) is 26.2 Å². The number of carbonyl (C=O) groups excluding carboxylic acids is 1. The largest absolute Gasteiger partial charge is 0.374 e. The van der Waals surface area contributed by atoms with Gasteiger partial charge in [-0.15, -0.1) is 0 Å². The second kappa shape index (κ2) is 6.86. The van der Waals surface area contributed by atoms with Gasteiger partial charge >= 0.3 is 0 Å². The normalized spacial score (nSPS) is 22.1. The number of unbranched alkanes of at least 4 members (excludes halogenated alkanes) is 1. The molecule has 4 nitrogen and oxygen atoms in total. The average Bonchev–Trinajstić information content (AvgIpc) is 2.25. The van der Waals surface area contributed by atoms with Crippen LogP contribution in [0.3, 0.4) is 0 Å². The minimum Gasteiger partial charge on any atom is -0.374 e. The van der Waals surface area contributed by atoms with Crippen LogP contribution in [0.25, 0.3) is 0 Å². The first-order valence-electron chi connectivity index (χ1n) is 6.17. The summed E-state index contributed by atoms with van der Waals surface area (Å²) in [7, 11) is 3.96. The van der Waals surface area contributed by atoms with Crippen molar-refractivity contribution in [3.05, 3.63) is 0 Å². The molecule has 0 aliphatic carbocycles. The van der Waals surface area contributed by atoms with E-state index in [4.69, 9.17) is 4.74 Å². The molecule has 4 heteroatoms. The van der Waals surface area contributed by atoms with E-state index < -0.39 is 0 Å². The Morgan fingerprint density at radius 1 is 1.56 bits per heavy atom. The summed E-state index contributed by atoms with van der Waals surface area (Å²) in [6.07, 6.45) is 2.89. The van der Waals surface area contributed by atoms with Gasteiger partial charge in [0, 0.05) is 33.1 Å². The van der Waals surface area contributed by atoms with Gasteiger partial charge in [-0.05, 0) is 13.5 Å². The number of likely N-dealkylation sites (N-methyl/N-ethyl adjacent to an activating group) is 2. The fourth-order valence-corrected chi connectivity index (χ4v) is 1.90. The molecule has 1 saturated heterocycles. The molecule has 0 bridgehead atoms. The molecule has 1 unspecified atom stereocenters. The van der Waals surface area contributed by atoms with Crippen LogP contribution in [-0.2, 0) is 9.53 Å². The summed E-state index contributed by atoms with van der Waals surface area (Å²) < 4.78 is 5.64. The summed E-state index contributed by atoms with van der Waals surface area (Å²) in [6.45, 7) is 5.51. The van der Waals surface area contributed by atoms with Crippen LogP contribution >= 0.6 is 0 Å². The lowest BCUT2D eigenvalue weighted by molar-refractivity contribution is -0.133. The smallest absolute Gasteiger partial charge is 0.222 e. The third-order valence-corrected chi connectivity index (χ3v) is 2.99. The number of hydrogen-bond donors (Lipinski definition) is 0. The Kier molecular flexibility index (Phi) is 5.77. The zero-order valence-electron chi connectivity index (χ0n) is 10.7. The van der Waals surface area contributed by atoms with Crippen molar-refractivity contribution in [2.24, 2.45) is 0 Å². The Morgan fingerprint density at radius 2 is 2.31 bits per heavy atom. The van der Waals surface area contributed by atoms with E-state index in [2.05, 4.69) is 18.9 Å². The highest BCUT2D eigenvalue weighted by Crippen LogP contribution is 2.06. The van der Waals surface area contributed by atoms with Gasteiger partial charge in [0.1, 0.15) is 0 Å². The molecule has 1 aliphatic rings. The number of hydrogen-bond acceptors (Lipinski definition) is 3. The monoisotopic (exact) mass is 228 g/mol. The zero-order valence-corrected chi connectivity index (χ0v) is 10.7. The minimum absolute atomic E-state index is 0.175. The Morgan fingerprint density at radius 3 is 2.94 bits per heavy atom. The highest BCUT2D eigenvalue weighted by molar-refractivity contribution is 5.75. The predicted molar refractivity (Wildman–Crippen MR) is 64.4 cm³/mol. The highest BCUT2D eigenvalue weighted by Gasteiger charge is 2.20. The fraction of sp³-hybridized carbons (Fsp3) is 0.917. The van der Waals surface area contributed by atoms with E-state index in [1.807, 2.05) is 7.05 Å². The van der Waals surface area contributed by atoms with Crippen molar-refractivity contribution >= 4 is 5.91 Å². The molecule has 0 N–H and O–H groups in total. The molecule has 0 radical (unpaired) electrons. The summed E-state index contributed by atoms with van der Waals surface area (Å²) in [6, 6.07) is 0. The molecule has 0 saturated carbocycles. The van der Waals surface area contributed by atoms with Crippen molar-refractivity contribution in [2.45, 2.75) is 32.3 Å². The van der Waals surface area contributed by atoms with Crippen LogP contribution in [-0.4, -0.2) is 62.1 Å². The number of carbonyl (C=O) groups is 1. The van der Waals surface area contributed by atoms with Gasteiger partial charge < -0.3 is 14.5 Å². The zero-order chi connectivity index (χ0) is 12.0. The van der Waals surface area contributed by atoms with Gasteiger partial charge in [-0.1, -0.05) is 13.3 Å². The van der Waals surface area contributed by atoms with Crippen molar-refractivity contribution in [3.8, 4) is 0 Å². The van der Waals surface area contributed by atoms with Crippen LogP contribution in [0.15, 0.2) is 0 Å². The van der Waals surface area contributed by atoms with Gasteiger partial charge in [-0.2, -0.15) is 0 Å². The van der Waals surface area contributed by atoms with Gasteiger partial charge in [-0.3, -0.25) is 4.79 Å². The molecule has 16 heavy (non-hydrogen) atoms. The van der Waals surface area contributed by atoms with Crippen LogP contribution in [0.4, 0.5) is 0 Å². The van der Waals surface area contributed by atoms with E-state index in [1.54, 1.807) is 4.90 Å². The predicted octanol–water partition coefficient (Wildman–Crippen LogP) is 0.966. The second-order valence-electron chi connectivity index (χ2n) is 4.63. The molecule has 0 spiro atoms. The quantitative estimate of drug-likeness (QED) is 0.703. The molecule has 1 heterocycles. The molecule has 1 rings (SSSR count). The number of morpholine rings is 1. The van der Waals surface area contributed by atoms with E-state index in [1.165, 1.54) is 0 Å². The summed E-state index contributed by atoms with van der Waals surface area (Å²) in [5.41, 5.74) is 0. The fourth-order valence-electron chi connectivity index (χ4n) is 1.90. The lowest BCUT2D eigenvalue weighted by atomic mass is 10.2. The van der Waals surface area contributed by atoms with Crippen LogP contribution in [0, 0.1) is 0 Å². The summed E-state index contributed by atoms with van der Waals surface area (Å²) in [5.74, 6) is 0.235. The number of amides is 1. The molecule has 1 amide bonds. The SMILES string of the molecule is CCCCC(=O)N(C)CC1CN(C)CCO1. The third kappa shape index (κ3) is 4.49. The Hall–Kier alpha value is -0.610. The first kappa shape index (κ1) is 13.5. The summed E-state index contributed by atoms with van der Waals surface area (Å²) in [4.78, 5) is 15.8. The summed E-state index contributed by atoms with van der Waals surface area (Å²) >= 11 is 0. The van der Waals surface area contributed by atoms with E-state index in [9.17, 15) is 4.79 Å². The van der Waals surface area contributed by atoms with E-state index in [-0.39, 0.29) is 12.0 Å². The molecular weight excluding hydrogens is 204 g/mol. The molecule has 0 aromatic heterocycles. The van der Waals surface area contributed by atoms with Crippen LogP contribution in [0.2, 0.25) is 0 Å². The molecule has 1 atom stereocenters. The van der Waals surface area contributed by atoms with Gasteiger partial charge in [0.2, 0.25) is 5.91 Å². The molecule has 1 fully saturated rings. The van der Waals surface area contributed by atoms with Crippen molar-refractivity contribution in [1.82, 2.24) is 9.80 Å². The standard InChI is InChI=1S/C12H24N2O2/c1-4-5-6-12(15)14(3)10-11-9-13(2)7-8-16-11/h11H,4-10H2,1-3H3. The number of nitrogens with zero attached hydrogens (tertiary/aromatic N) is 2. The van der Waals surface area contributed by atoms with Gasteiger partial charge in [0.15, 0.2) is 0 Å². The highest BCUT2D eigenvalue weighted by atomic mass is 16.5. The molecular formula is C12H24N2O2. The first-order chi connectivity index (χ1) is 7.63. The lowest BCUT2D eigenvalue weighted by Gasteiger charge is -2.32. The van der Waals surface area contributed by atoms with Crippen molar-refractivity contribution in [1.29, 1.82) is 0 Å². The maximum Gasteiger partial charge on any atom is 0.222 e. The average molecular weight is 228 g/mol. The molecule has 0 aromatic rings. The van der Waals surface area contributed by atoms with Gasteiger partial charge in [0.25, 0.3) is 0 Å². The van der Waals surface area contributed by atoms with E-state index in [0.717, 1.165) is 32.5 Å².